The molecule has 1 heterocycles. The van der Waals surface area contributed by atoms with E-state index < -0.39 is 0 Å². The largest absolute Gasteiger partial charge is 0.497 e. The van der Waals surface area contributed by atoms with Gasteiger partial charge in [-0.05, 0) is 71.2 Å². The van der Waals surface area contributed by atoms with Crippen LogP contribution in [0.4, 0.5) is 0 Å². The van der Waals surface area contributed by atoms with Crippen molar-refractivity contribution >= 4 is 33.9 Å². The molecule has 1 unspecified atom stereocenters. The van der Waals surface area contributed by atoms with Crippen molar-refractivity contribution in [3.8, 4) is 5.75 Å². The van der Waals surface area contributed by atoms with Crippen LogP contribution < -0.4 is 10.1 Å². The monoisotopic (exact) mass is 399 g/mol. The molecule has 20 heavy (non-hydrogen) atoms. The molecule has 106 valence electrons. The molecule has 0 aliphatic heterocycles. The van der Waals surface area contributed by atoms with Gasteiger partial charge in [0.05, 0.1) is 9.99 Å². The third-order valence-electron chi connectivity index (χ3n) is 3.80. The van der Waals surface area contributed by atoms with E-state index in [0.717, 1.165) is 12.3 Å². The van der Waals surface area contributed by atoms with E-state index in [2.05, 4.69) is 46.1 Å². The highest BCUT2D eigenvalue weighted by Crippen LogP contribution is 2.36. The van der Waals surface area contributed by atoms with Gasteiger partial charge in [-0.25, -0.2) is 0 Å². The van der Waals surface area contributed by atoms with Gasteiger partial charge in [-0.3, -0.25) is 0 Å². The van der Waals surface area contributed by atoms with Gasteiger partial charge in [0.25, 0.3) is 0 Å². The summed E-state index contributed by atoms with van der Waals surface area (Å²) in [5.41, 5.74) is 2.84. The number of thiophene rings is 1. The zero-order chi connectivity index (χ0) is 13.9. The van der Waals surface area contributed by atoms with E-state index in [1.165, 1.54) is 33.3 Å². The predicted molar refractivity (Wildman–Crippen MR) is 92.5 cm³/mol. The highest BCUT2D eigenvalue weighted by atomic mass is 127. The lowest BCUT2D eigenvalue weighted by Crippen LogP contribution is -2.23. The number of benzene rings is 1. The van der Waals surface area contributed by atoms with Crippen molar-refractivity contribution in [1.29, 1.82) is 0 Å². The molecule has 3 rings (SSSR count). The van der Waals surface area contributed by atoms with Crippen molar-refractivity contribution < 1.29 is 4.74 Å². The summed E-state index contributed by atoms with van der Waals surface area (Å²) in [6, 6.07) is 11.2. The number of ether oxygens (including phenoxy) is 1. The Morgan fingerprint density at radius 3 is 2.90 bits per heavy atom. The zero-order valence-corrected chi connectivity index (χ0v) is 14.5. The second-order valence-corrected chi connectivity index (χ2v) is 8.13. The summed E-state index contributed by atoms with van der Waals surface area (Å²) >= 11 is 4.39. The third-order valence-corrected chi connectivity index (χ3v) is 5.77. The highest BCUT2D eigenvalue weighted by molar-refractivity contribution is 14.1. The average Bonchev–Trinajstić information content (AvgIpc) is 2.86. The van der Waals surface area contributed by atoms with E-state index in [1.807, 2.05) is 23.5 Å². The van der Waals surface area contributed by atoms with Crippen LogP contribution in [0.2, 0.25) is 0 Å². The molecule has 1 aromatic heterocycles. The molecule has 0 radical (unpaired) electrons. The first-order chi connectivity index (χ1) is 9.76. The van der Waals surface area contributed by atoms with Crippen LogP contribution in [0.5, 0.6) is 5.75 Å². The summed E-state index contributed by atoms with van der Waals surface area (Å²) in [5, 5.41) is 3.71. The molecule has 2 aromatic rings. The fraction of sp³-hybridized carbons (Fsp3) is 0.375. The van der Waals surface area contributed by atoms with Crippen molar-refractivity contribution in [2.24, 2.45) is 0 Å². The second-order valence-electron chi connectivity index (χ2n) is 5.10. The Morgan fingerprint density at radius 1 is 1.35 bits per heavy atom. The molecule has 0 saturated heterocycles. The van der Waals surface area contributed by atoms with Gasteiger partial charge in [-0.1, -0.05) is 12.1 Å². The Labute approximate surface area is 137 Å². The number of aryl methyl sites for hydroxylation is 1. The number of rotatable bonds is 4. The standard InChI is InChI=1S/C16H18INOS/c1-19-12-7-5-11(6-8-12)10-18-14-3-2-4-15-13(14)9-16(17)20-15/h5-9,14,18H,2-4,10H2,1H3. The van der Waals surface area contributed by atoms with E-state index in [0.29, 0.717) is 6.04 Å². The van der Waals surface area contributed by atoms with Crippen LogP contribution in [-0.2, 0) is 13.0 Å². The maximum atomic E-state index is 5.19. The van der Waals surface area contributed by atoms with Crippen LogP contribution in [0, 0.1) is 2.88 Å². The molecular formula is C16H18INOS. The van der Waals surface area contributed by atoms with Crippen LogP contribution >= 0.6 is 33.9 Å². The minimum atomic E-state index is 0.514. The molecule has 1 N–H and O–H groups in total. The molecule has 0 amide bonds. The summed E-state index contributed by atoms with van der Waals surface area (Å²) in [7, 11) is 1.70. The molecule has 1 aromatic carbocycles. The fourth-order valence-electron chi connectivity index (χ4n) is 2.72. The van der Waals surface area contributed by atoms with Crippen molar-refractivity contribution in [3.05, 3.63) is 49.2 Å². The maximum Gasteiger partial charge on any atom is 0.118 e. The van der Waals surface area contributed by atoms with Gasteiger partial charge in [0.1, 0.15) is 5.75 Å². The van der Waals surface area contributed by atoms with E-state index >= 15 is 0 Å². The molecule has 0 spiro atoms. The van der Waals surface area contributed by atoms with Crippen LogP contribution in [0.15, 0.2) is 30.3 Å². The number of nitrogens with one attached hydrogen (secondary N) is 1. The molecule has 2 nitrogen and oxygen atoms in total. The topological polar surface area (TPSA) is 21.3 Å². The van der Waals surface area contributed by atoms with Gasteiger partial charge < -0.3 is 10.1 Å². The number of halogens is 1. The van der Waals surface area contributed by atoms with Crippen molar-refractivity contribution in [1.82, 2.24) is 5.32 Å². The number of methoxy groups -OCH3 is 1. The average molecular weight is 399 g/mol. The minimum Gasteiger partial charge on any atom is -0.497 e. The summed E-state index contributed by atoms with van der Waals surface area (Å²) < 4.78 is 6.60. The third kappa shape index (κ3) is 3.18. The number of fused-ring (bicyclic) bond motifs is 1. The Hall–Kier alpha value is -0.590. The van der Waals surface area contributed by atoms with Gasteiger partial charge in [0.15, 0.2) is 0 Å². The SMILES string of the molecule is COc1ccc(CNC2CCCc3sc(I)cc32)cc1. The summed E-state index contributed by atoms with van der Waals surface area (Å²) in [5.74, 6) is 0.918. The van der Waals surface area contributed by atoms with Gasteiger partial charge in [-0.15, -0.1) is 11.3 Å². The van der Waals surface area contributed by atoms with Gasteiger partial charge in [-0.2, -0.15) is 0 Å². The molecule has 0 bridgehead atoms. The van der Waals surface area contributed by atoms with Crippen LogP contribution in [0.25, 0.3) is 0 Å². The normalized spacial score (nSPS) is 17.8. The fourth-order valence-corrected chi connectivity index (χ4v) is 4.84. The Balaban J connectivity index is 1.66. The molecule has 0 fully saturated rings. The molecule has 4 heteroatoms. The Kier molecular flexibility index (Phi) is 4.63. The van der Waals surface area contributed by atoms with E-state index in [9.17, 15) is 0 Å². The van der Waals surface area contributed by atoms with E-state index in [-0.39, 0.29) is 0 Å². The van der Waals surface area contributed by atoms with Gasteiger partial charge in [0, 0.05) is 17.5 Å². The van der Waals surface area contributed by atoms with E-state index in [1.54, 1.807) is 12.0 Å². The molecule has 1 aliphatic carbocycles. The second kappa shape index (κ2) is 6.45. The lowest BCUT2D eigenvalue weighted by Gasteiger charge is -2.23. The Morgan fingerprint density at radius 2 is 2.15 bits per heavy atom. The lowest BCUT2D eigenvalue weighted by molar-refractivity contribution is 0.414. The van der Waals surface area contributed by atoms with E-state index in [4.69, 9.17) is 4.74 Å². The summed E-state index contributed by atoms with van der Waals surface area (Å²) in [6.07, 6.45) is 3.80. The first-order valence-corrected chi connectivity index (χ1v) is 8.80. The predicted octanol–water partition coefficient (Wildman–Crippen LogP) is 4.53. The Bertz CT molecular complexity index is 579. The summed E-state index contributed by atoms with van der Waals surface area (Å²) in [4.78, 5) is 1.58. The minimum absolute atomic E-state index is 0.514. The first-order valence-electron chi connectivity index (χ1n) is 6.90. The molecular weight excluding hydrogens is 381 g/mol. The van der Waals surface area contributed by atoms with Crippen molar-refractivity contribution in [2.75, 3.05) is 7.11 Å². The number of hydrogen-bond donors (Lipinski definition) is 1. The summed E-state index contributed by atoms with van der Waals surface area (Å²) in [6.45, 7) is 0.917. The van der Waals surface area contributed by atoms with Crippen molar-refractivity contribution in [3.63, 3.8) is 0 Å². The molecule has 1 atom stereocenters. The quantitative estimate of drug-likeness (QED) is 0.763. The lowest BCUT2D eigenvalue weighted by atomic mass is 9.94. The molecule has 1 aliphatic rings. The van der Waals surface area contributed by atoms with Gasteiger partial charge >= 0.3 is 0 Å². The number of hydrogen-bond acceptors (Lipinski definition) is 3. The van der Waals surface area contributed by atoms with Crippen LogP contribution in [-0.4, -0.2) is 7.11 Å². The van der Waals surface area contributed by atoms with Crippen LogP contribution in [0.3, 0.4) is 0 Å². The zero-order valence-electron chi connectivity index (χ0n) is 11.5. The first kappa shape index (κ1) is 14.4. The van der Waals surface area contributed by atoms with Crippen LogP contribution in [0.1, 0.15) is 34.9 Å². The van der Waals surface area contributed by atoms with Crippen molar-refractivity contribution in [2.45, 2.75) is 31.8 Å². The molecule has 0 saturated carbocycles. The highest BCUT2D eigenvalue weighted by Gasteiger charge is 2.21. The smallest absolute Gasteiger partial charge is 0.118 e. The van der Waals surface area contributed by atoms with Gasteiger partial charge in [0.2, 0.25) is 0 Å². The maximum absolute atomic E-state index is 5.19.